The summed E-state index contributed by atoms with van der Waals surface area (Å²) in [4.78, 5) is 3.99. The Kier molecular flexibility index (Phi) is 2.44. The second kappa shape index (κ2) is 3.34. The Labute approximate surface area is 65.7 Å². The predicted molar refractivity (Wildman–Crippen MR) is 41.4 cm³/mol. The van der Waals surface area contributed by atoms with E-state index in [9.17, 15) is 0 Å². The van der Waals surface area contributed by atoms with E-state index in [1.165, 1.54) is 0 Å². The molecule has 1 rings (SSSR count). The number of nitrogens with zero attached hydrogens (tertiary/aromatic N) is 1. The topological polar surface area (TPSA) is 42.4 Å². The minimum Gasteiger partial charge on any atom is -0.495 e. The lowest BCUT2D eigenvalue weighted by Gasteiger charge is -2.04. The normalized spacial score (nSPS) is 9.73. The average Bonchev–Trinajstić information content (AvgIpc) is 2.04. The minimum absolute atomic E-state index is 0.0799. The summed E-state index contributed by atoms with van der Waals surface area (Å²) < 4.78 is 4.99. The maximum atomic E-state index is 8.80. The van der Waals surface area contributed by atoms with Gasteiger partial charge >= 0.3 is 0 Å². The smallest absolute Gasteiger partial charge is 0.143 e. The minimum atomic E-state index is -0.0799. The zero-order valence-corrected chi connectivity index (χ0v) is 6.66. The molecule has 0 aliphatic heterocycles. The maximum Gasteiger partial charge on any atom is 0.143 e. The monoisotopic (exact) mass is 153 g/mol. The van der Waals surface area contributed by atoms with Crippen LogP contribution in [-0.2, 0) is 6.61 Å². The lowest BCUT2D eigenvalue weighted by atomic mass is 10.2. The van der Waals surface area contributed by atoms with Crippen LogP contribution in [-0.4, -0.2) is 17.2 Å². The molecule has 60 valence electrons. The molecule has 0 fully saturated rings. The molecule has 1 aromatic rings. The van der Waals surface area contributed by atoms with Gasteiger partial charge in [0.25, 0.3) is 0 Å². The van der Waals surface area contributed by atoms with Crippen LogP contribution in [0.25, 0.3) is 0 Å². The molecular formula is C8H11NO2. The van der Waals surface area contributed by atoms with Crippen molar-refractivity contribution in [2.24, 2.45) is 0 Å². The van der Waals surface area contributed by atoms with E-state index in [0.29, 0.717) is 11.4 Å². The molecule has 0 atom stereocenters. The van der Waals surface area contributed by atoms with E-state index in [2.05, 4.69) is 4.98 Å². The first kappa shape index (κ1) is 8.01. The number of aliphatic hydroxyl groups is 1. The molecule has 11 heavy (non-hydrogen) atoms. The molecule has 0 amide bonds. The molecule has 0 aromatic carbocycles. The SMILES string of the molecule is COc1cc(C)cnc1CO. The molecule has 0 saturated heterocycles. The van der Waals surface area contributed by atoms with Gasteiger partial charge in [0.2, 0.25) is 0 Å². The van der Waals surface area contributed by atoms with Crippen LogP contribution >= 0.6 is 0 Å². The van der Waals surface area contributed by atoms with Gasteiger partial charge in [0.05, 0.1) is 13.7 Å². The molecule has 0 aliphatic rings. The Morgan fingerprint density at radius 1 is 1.64 bits per heavy atom. The van der Waals surface area contributed by atoms with Gasteiger partial charge in [-0.25, -0.2) is 0 Å². The van der Waals surface area contributed by atoms with Crippen LogP contribution in [0.3, 0.4) is 0 Å². The summed E-state index contributed by atoms with van der Waals surface area (Å²) in [7, 11) is 1.57. The first-order valence-corrected chi connectivity index (χ1v) is 3.38. The highest BCUT2D eigenvalue weighted by Crippen LogP contribution is 2.16. The summed E-state index contributed by atoms with van der Waals surface area (Å²) >= 11 is 0. The van der Waals surface area contributed by atoms with Crippen molar-refractivity contribution in [2.75, 3.05) is 7.11 Å². The molecule has 0 radical (unpaired) electrons. The summed E-state index contributed by atoms with van der Waals surface area (Å²) in [6, 6.07) is 1.85. The Morgan fingerprint density at radius 2 is 2.36 bits per heavy atom. The Morgan fingerprint density at radius 3 is 2.91 bits per heavy atom. The molecule has 3 nitrogen and oxygen atoms in total. The average molecular weight is 153 g/mol. The zero-order chi connectivity index (χ0) is 8.27. The van der Waals surface area contributed by atoms with Gasteiger partial charge < -0.3 is 9.84 Å². The van der Waals surface area contributed by atoms with Gasteiger partial charge in [-0.15, -0.1) is 0 Å². The summed E-state index contributed by atoms with van der Waals surface area (Å²) in [5.74, 6) is 0.646. The fraction of sp³-hybridized carbons (Fsp3) is 0.375. The molecule has 0 spiro atoms. The Balaban J connectivity index is 3.06. The number of hydrogen-bond donors (Lipinski definition) is 1. The molecular weight excluding hydrogens is 142 g/mol. The first-order chi connectivity index (χ1) is 5.27. The number of rotatable bonds is 2. The van der Waals surface area contributed by atoms with E-state index in [-0.39, 0.29) is 6.61 Å². The second-order valence-electron chi connectivity index (χ2n) is 2.32. The van der Waals surface area contributed by atoms with Crippen molar-refractivity contribution in [2.45, 2.75) is 13.5 Å². The quantitative estimate of drug-likeness (QED) is 0.686. The van der Waals surface area contributed by atoms with Crippen LogP contribution in [0.1, 0.15) is 11.3 Å². The molecule has 1 aromatic heterocycles. The molecule has 0 unspecified atom stereocenters. The van der Waals surface area contributed by atoms with Crippen molar-refractivity contribution in [3.8, 4) is 5.75 Å². The van der Waals surface area contributed by atoms with Gasteiger partial charge in [-0.05, 0) is 18.6 Å². The summed E-state index contributed by atoms with van der Waals surface area (Å²) in [5.41, 5.74) is 1.61. The highest BCUT2D eigenvalue weighted by Gasteiger charge is 2.01. The summed E-state index contributed by atoms with van der Waals surface area (Å²) in [6.45, 7) is 1.85. The largest absolute Gasteiger partial charge is 0.495 e. The molecule has 0 aliphatic carbocycles. The van der Waals surface area contributed by atoms with Crippen molar-refractivity contribution in [3.05, 3.63) is 23.5 Å². The number of ether oxygens (including phenoxy) is 1. The van der Waals surface area contributed by atoms with Crippen LogP contribution < -0.4 is 4.74 Å². The van der Waals surface area contributed by atoms with Crippen molar-refractivity contribution in [1.29, 1.82) is 0 Å². The van der Waals surface area contributed by atoms with E-state index in [4.69, 9.17) is 9.84 Å². The van der Waals surface area contributed by atoms with Crippen LogP contribution in [0.5, 0.6) is 5.75 Å². The maximum absolute atomic E-state index is 8.80. The molecule has 0 saturated carbocycles. The lowest BCUT2D eigenvalue weighted by molar-refractivity contribution is 0.268. The number of hydrogen-bond acceptors (Lipinski definition) is 3. The second-order valence-corrected chi connectivity index (χ2v) is 2.32. The van der Waals surface area contributed by atoms with Gasteiger partial charge in [-0.2, -0.15) is 0 Å². The van der Waals surface area contributed by atoms with E-state index in [1.807, 2.05) is 13.0 Å². The number of methoxy groups -OCH3 is 1. The Bertz CT molecular complexity index is 248. The van der Waals surface area contributed by atoms with E-state index < -0.39 is 0 Å². The van der Waals surface area contributed by atoms with Gasteiger partial charge in [0.1, 0.15) is 11.4 Å². The number of aryl methyl sites for hydroxylation is 1. The highest BCUT2D eigenvalue weighted by atomic mass is 16.5. The van der Waals surface area contributed by atoms with Crippen molar-refractivity contribution in [1.82, 2.24) is 4.98 Å². The van der Waals surface area contributed by atoms with Gasteiger partial charge in [0.15, 0.2) is 0 Å². The molecule has 3 heteroatoms. The van der Waals surface area contributed by atoms with E-state index >= 15 is 0 Å². The van der Waals surface area contributed by atoms with Crippen molar-refractivity contribution in [3.63, 3.8) is 0 Å². The van der Waals surface area contributed by atoms with Crippen LogP contribution in [0.2, 0.25) is 0 Å². The zero-order valence-electron chi connectivity index (χ0n) is 6.66. The van der Waals surface area contributed by atoms with Crippen LogP contribution in [0.15, 0.2) is 12.3 Å². The summed E-state index contributed by atoms with van der Waals surface area (Å²) in [5, 5.41) is 8.80. The number of aliphatic hydroxyl groups excluding tert-OH is 1. The third kappa shape index (κ3) is 1.68. The molecule has 1 heterocycles. The van der Waals surface area contributed by atoms with Crippen LogP contribution in [0.4, 0.5) is 0 Å². The van der Waals surface area contributed by atoms with Gasteiger partial charge in [-0.3, -0.25) is 4.98 Å². The fourth-order valence-electron chi connectivity index (χ4n) is 0.866. The van der Waals surface area contributed by atoms with Gasteiger partial charge in [-0.1, -0.05) is 0 Å². The van der Waals surface area contributed by atoms with Crippen molar-refractivity contribution >= 4 is 0 Å². The third-order valence-corrected chi connectivity index (χ3v) is 1.44. The number of pyridine rings is 1. The standard InChI is InChI=1S/C8H11NO2/c1-6-3-8(11-2)7(5-10)9-4-6/h3-4,10H,5H2,1-2H3. The molecule has 0 bridgehead atoms. The molecule has 1 N–H and O–H groups in total. The predicted octanol–water partition coefficient (Wildman–Crippen LogP) is 0.891. The lowest BCUT2D eigenvalue weighted by Crippen LogP contribution is -1.95. The highest BCUT2D eigenvalue weighted by molar-refractivity contribution is 5.30. The van der Waals surface area contributed by atoms with Gasteiger partial charge in [0, 0.05) is 6.20 Å². The number of aromatic nitrogens is 1. The third-order valence-electron chi connectivity index (χ3n) is 1.44. The van der Waals surface area contributed by atoms with Crippen LogP contribution in [0, 0.1) is 6.92 Å². The van der Waals surface area contributed by atoms with Crippen molar-refractivity contribution < 1.29 is 9.84 Å². The fourth-order valence-corrected chi connectivity index (χ4v) is 0.866. The van der Waals surface area contributed by atoms with E-state index in [1.54, 1.807) is 13.3 Å². The van der Waals surface area contributed by atoms with E-state index in [0.717, 1.165) is 5.56 Å². The summed E-state index contributed by atoms with van der Waals surface area (Å²) in [6.07, 6.45) is 1.70. The first-order valence-electron chi connectivity index (χ1n) is 3.38. The Hall–Kier alpha value is -1.09.